The first kappa shape index (κ1) is 13.0. The van der Waals surface area contributed by atoms with Crippen LogP contribution in [0.4, 0.5) is 6.01 Å². The number of amides is 1. The van der Waals surface area contributed by atoms with Crippen molar-refractivity contribution in [3.05, 3.63) is 5.89 Å². The van der Waals surface area contributed by atoms with Crippen LogP contribution in [0.5, 0.6) is 0 Å². The maximum Gasteiger partial charge on any atom is 0.322 e. The van der Waals surface area contributed by atoms with E-state index in [9.17, 15) is 4.79 Å². The maximum absolute atomic E-state index is 11.7. The summed E-state index contributed by atoms with van der Waals surface area (Å²) in [5, 5.41) is 13.7. The van der Waals surface area contributed by atoms with Crippen molar-refractivity contribution in [3.63, 3.8) is 0 Å². The van der Waals surface area contributed by atoms with Gasteiger partial charge in [-0.15, -0.1) is 5.10 Å². The van der Waals surface area contributed by atoms with Crippen molar-refractivity contribution in [2.45, 2.75) is 45.6 Å². The molecule has 1 amide bonds. The molecule has 2 heterocycles. The van der Waals surface area contributed by atoms with E-state index in [0.717, 1.165) is 25.8 Å². The van der Waals surface area contributed by atoms with Crippen LogP contribution in [0.25, 0.3) is 0 Å². The molecule has 18 heavy (non-hydrogen) atoms. The van der Waals surface area contributed by atoms with Gasteiger partial charge < -0.3 is 9.73 Å². The Morgan fingerprint density at radius 2 is 2.44 bits per heavy atom. The fraction of sp³-hybridized carbons (Fsp3) is 0.750. The number of hydrogen-bond acceptors (Lipinski definition) is 5. The van der Waals surface area contributed by atoms with Crippen molar-refractivity contribution in [3.8, 4) is 0 Å². The van der Waals surface area contributed by atoms with E-state index >= 15 is 0 Å². The van der Waals surface area contributed by atoms with Gasteiger partial charge in [-0.1, -0.05) is 25.4 Å². The van der Waals surface area contributed by atoms with Gasteiger partial charge in [0.25, 0.3) is 0 Å². The van der Waals surface area contributed by atoms with Gasteiger partial charge in [0.15, 0.2) is 0 Å². The topological polar surface area (TPSA) is 80.0 Å². The van der Waals surface area contributed by atoms with Crippen molar-refractivity contribution in [2.24, 2.45) is 5.92 Å². The van der Waals surface area contributed by atoms with Gasteiger partial charge in [-0.3, -0.25) is 10.1 Å². The molecular formula is C12H20N4O2. The van der Waals surface area contributed by atoms with Gasteiger partial charge >= 0.3 is 6.01 Å². The average molecular weight is 252 g/mol. The van der Waals surface area contributed by atoms with E-state index < -0.39 is 0 Å². The molecule has 0 aromatic carbocycles. The Bertz CT molecular complexity index is 399. The molecule has 6 nitrogen and oxygen atoms in total. The number of carbonyl (C=O) groups is 1. The minimum Gasteiger partial charge on any atom is -0.406 e. The van der Waals surface area contributed by atoms with Gasteiger partial charge in [0.1, 0.15) is 0 Å². The number of anilines is 1. The number of aromatic nitrogens is 2. The second-order valence-corrected chi connectivity index (χ2v) is 4.86. The monoisotopic (exact) mass is 252 g/mol. The lowest BCUT2D eigenvalue weighted by Gasteiger charge is -2.06. The lowest BCUT2D eigenvalue weighted by Crippen LogP contribution is -2.15. The third-order valence-corrected chi connectivity index (χ3v) is 3.28. The molecule has 1 aromatic rings. The quantitative estimate of drug-likeness (QED) is 0.836. The molecule has 1 fully saturated rings. The molecule has 2 rings (SSSR count). The van der Waals surface area contributed by atoms with Crippen LogP contribution >= 0.6 is 0 Å². The predicted molar refractivity (Wildman–Crippen MR) is 67.0 cm³/mol. The highest BCUT2D eigenvalue weighted by molar-refractivity contribution is 5.88. The summed E-state index contributed by atoms with van der Waals surface area (Å²) in [6.07, 6.45) is 3.58. The first-order valence-corrected chi connectivity index (χ1v) is 6.55. The molecule has 0 radical (unpaired) electrons. The Morgan fingerprint density at radius 3 is 3.11 bits per heavy atom. The SMILES string of the molecule is CCC(C)CC(=O)Nc1nnc(C2CCCN2)o1. The summed E-state index contributed by atoms with van der Waals surface area (Å²) in [5.41, 5.74) is 0. The van der Waals surface area contributed by atoms with Gasteiger partial charge in [-0.05, 0) is 25.3 Å². The van der Waals surface area contributed by atoms with Crippen LogP contribution in [0, 0.1) is 5.92 Å². The molecule has 1 aliphatic rings. The Balaban J connectivity index is 1.88. The molecule has 1 aliphatic heterocycles. The minimum absolute atomic E-state index is 0.0704. The van der Waals surface area contributed by atoms with Crippen molar-refractivity contribution in [1.82, 2.24) is 15.5 Å². The maximum atomic E-state index is 11.7. The molecule has 0 aliphatic carbocycles. The molecule has 1 saturated heterocycles. The van der Waals surface area contributed by atoms with Crippen molar-refractivity contribution >= 4 is 11.9 Å². The van der Waals surface area contributed by atoms with Gasteiger partial charge in [-0.25, -0.2) is 0 Å². The van der Waals surface area contributed by atoms with Crippen molar-refractivity contribution in [2.75, 3.05) is 11.9 Å². The van der Waals surface area contributed by atoms with E-state index in [2.05, 4.69) is 27.8 Å². The summed E-state index contributed by atoms with van der Waals surface area (Å²) in [7, 11) is 0. The Morgan fingerprint density at radius 1 is 1.61 bits per heavy atom. The van der Waals surface area contributed by atoms with Crippen LogP contribution in [0.2, 0.25) is 0 Å². The summed E-state index contributed by atoms with van der Waals surface area (Å²) in [5.74, 6) is 0.856. The summed E-state index contributed by atoms with van der Waals surface area (Å²) < 4.78 is 5.44. The van der Waals surface area contributed by atoms with Crippen molar-refractivity contribution in [1.29, 1.82) is 0 Å². The smallest absolute Gasteiger partial charge is 0.322 e. The highest BCUT2D eigenvalue weighted by Gasteiger charge is 2.22. The molecular weight excluding hydrogens is 232 g/mol. The molecule has 2 atom stereocenters. The van der Waals surface area contributed by atoms with Crippen LogP contribution < -0.4 is 10.6 Å². The van der Waals surface area contributed by atoms with Gasteiger partial charge in [-0.2, -0.15) is 0 Å². The Kier molecular flexibility index (Phi) is 4.30. The molecule has 6 heteroatoms. The molecule has 2 N–H and O–H groups in total. The Hall–Kier alpha value is -1.43. The van der Waals surface area contributed by atoms with E-state index in [1.54, 1.807) is 0 Å². The lowest BCUT2D eigenvalue weighted by molar-refractivity contribution is -0.117. The summed E-state index contributed by atoms with van der Waals surface area (Å²) >= 11 is 0. The van der Waals surface area contributed by atoms with Crippen molar-refractivity contribution < 1.29 is 9.21 Å². The lowest BCUT2D eigenvalue weighted by atomic mass is 10.1. The zero-order valence-corrected chi connectivity index (χ0v) is 10.9. The van der Waals surface area contributed by atoms with Crippen LogP contribution in [-0.2, 0) is 4.79 Å². The third kappa shape index (κ3) is 3.29. The molecule has 0 spiro atoms. The number of hydrogen-bond donors (Lipinski definition) is 2. The number of nitrogens with zero attached hydrogens (tertiary/aromatic N) is 2. The van der Waals surface area contributed by atoms with E-state index in [1.165, 1.54) is 0 Å². The molecule has 0 bridgehead atoms. The second-order valence-electron chi connectivity index (χ2n) is 4.86. The van der Waals surface area contributed by atoms with E-state index in [4.69, 9.17) is 4.42 Å². The predicted octanol–water partition coefficient (Wildman–Crippen LogP) is 1.87. The zero-order valence-electron chi connectivity index (χ0n) is 10.9. The average Bonchev–Trinajstić information content (AvgIpc) is 2.98. The van der Waals surface area contributed by atoms with Crippen LogP contribution in [0.1, 0.15) is 51.5 Å². The van der Waals surface area contributed by atoms with Crippen LogP contribution in [-0.4, -0.2) is 22.6 Å². The summed E-state index contributed by atoms with van der Waals surface area (Å²) in [6, 6.07) is 0.338. The summed E-state index contributed by atoms with van der Waals surface area (Å²) in [4.78, 5) is 11.7. The molecule has 0 saturated carbocycles. The van der Waals surface area contributed by atoms with E-state index in [-0.39, 0.29) is 18.0 Å². The second kappa shape index (κ2) is 5.95. The number of nitrogens with one attached hydrogen (secondary N) is 2. The van der Waals surface area contributed by atoms with Gasteiger partial charge in [0, 0.05) is 6.42 Å². The fourth-order valence-corrected chi connectivity index (χ4v) is 1.95. The summed E-state index contributed by atoms with van der Waals surface area (Å²) in [6.45, 7) is 5.08. The van der Waals surface area contributed by atoms with E-state index in [0.29, 0.717) is 18.2 Å². The van der Waals surface area contributed by atoms with Crippen LogP contribution in [0.15, 0.2) is 4.42 Å². The van der Waals surface area contributed by atoms with E-state index in [1.807, 2.05) is 6.92 Å². The molecule has 100 valence electrons. The first-order chi connectivity index (χ1) is 8.69. The molecule has 1 aromatic heterocycles. The zero-order chi connectivity index (χ0) is 13.0. The fourth-order valence-electron chi connectivity index (χ4n) is 1.95. The largest absolute Gasteiger partial charge is 0.406 e. The normalized spacial score (nSPS) is 20.9. The minimum atomic E-state index is -0.0704. The number of rotatable bonds is 5. The first-order valence-electron chi connectivity index (χ1n) is 6.55. The van der Waals surface area contributed by atoms with Gasteiger partial charge in [0.2, 0.25) is 11.8 Å². The standard InChI is InChI=1S/C12H20N4O2/c1-3-8(2)7-10(17)14-12-16-15-11(18-12)9-5-4-6-13-9/h8-9,13H,3-7H2,1-2H3,(H,14,16,17). The Labute approximate surface area is 107 Å². The van der Waals surface area contributed by atoms with Crippen LogP contribution in [0.3, 0.4) is 0 Å². The highest BCUT2D eigenvalue weighted by atomic mass is 16.4. The van der Waals surface area contributed by atoms with Gasteiger partial charge in [0.05, 0.1) is 6.04 Å². The molecule has 2 unspecified atom stereocenters. The third-order valence-electron chi connectivity index (χ3n) is 3.28. The highest BCUT2D eigenvalue weighted by Crippen LogP contribution is 2.22. The number of carbonyl (C=O) groups excluding carboxylic acids is 1.